The third-order valence-electron chi connectivity index (χ3n) is 1.87. The maximum Gasteiger partial charge on any atom is 0.178 e. The molecule has 1 unspecified atom stereocenters. The Morgan fingerprint density at radius 2 is 1.86 bits per heavy atom. The lowest BCUT2D eigenvalue weighted by molar-refractivity contribution is 0.584. The Bertz CT molecular complexity index is 372. The molecule has 1 aromatic carbocycles. The monoisotopic (exact) mass is 276 g/mol. The molecule has 14 heavy (non-hydrogen) atoms. The first-order valence-corrected chi connectivity index (χ1v) is 7.17. The van der Waals surface area contributed by atoms with Crippen LogP contribution in [0.4, 0.5) is 0 Å². The molecule has 2 nitrogen and oxygen atoms in total. The second-order valence-corrected chi connectivity index (χ2v) is 6.04. The van der Waals surface area contributed by atoms with Crippen LogP contribution in [0.3, 0.4) is 0 Å². The van der Waals surface area contributed by atoms with E-state index in [1.807, 2.05) is 13.0 Å². The molecule has 0 aliphatic heterocycles. The Balaban J connectivity index is 2.87. The van der Waals surface area contributed by atoms with Gasteiger partial charge in [0.15, 0.2) is 9.84 Å². The van der Waals surface area contributed by atoms with Crippen molar-refractivity contribution in [1.29, 1.82) is 0 Å². The Morgan fingerprint density at radius 1 is 1.29 bits per heavy atom. The van der Waals surface area contributed by atoms with E-state index < -0.39 is 9.84 Å². The van der Waals surface area contributed by atoms with Gasteiger partial charge in [-0.15, -0.1) is 0 Å². The van der Waals surface area contributed by atoms with Crippen molar-refractivity contribution in [1.82, 2.24) is 0 Å². The molecule has 0 N–H and O–H groups in total. The van der Waals surface area contributed by atoms with Gasteiger partial charge in [-0.1, -0.05) is 41.1 Å². The molecule has 1 atom stereocenters. The number of alkyl halides is 1. The molecule has 0 fully saturated rings. The zero-order valence-electron chi connectivity index (χ0n) is 7.98. The van der Waals surface area contributed by atoms with Crippen LogP contribution in [0.2, 0.25) is 0 Å². The molecule has 0 aliphatic rings. The van der Waals surface area contributed by atoms with Gasteiger partial charge in [0.25, 0.3) is 0 Å². The van der Waals surface area contributed by atoms with Crippen LogP contribution in [-0.4, -0.2) is 19.5 Å². The van der Waals surface area contributed by atoms with E-state index in [1.165, 1.54) is 0 Å². The normalized spacial score (nSPS) is 13.9. The summed E-state index contributed by atoms with van der Waals surface area (Å²) in [5.41, 5.74) is 0. The summed E-state index contributed by atoms with van der Waals surface area (Å²) >= 11 is 3.28. The van der Waals surface area contributed by atoms with E-state index in [-0.39, 0.29) is 11.7 Å². The molecule has 0 saturated carbocycles. The minimum Gasteiger partial charge on any atom is -0.224 e. The zero-order chi connectivity index (χ0) is 10.6. The SMILES string of the molecule is CC(CBr)CS(=O)(=O)c1ccccc1. The number of benzene rings is 1. The Morgan fingerprint density at radius 3 is 2.36 bits per heavy atom. The van der Waals surface area contributed by atoms with Gasteiger partial charge in [0.2, 0.25) is 0 Å². The van der Waals surface area contributed by atoms with Gasteiger partial charge in [-0.05, 0) is 18.1 Å². The Hall–Kier alpha value is -0.350. The molecule has 1 rings (SSSR count). The minimum atomic E-state index is -3.10. The summed E-state index contributed by atoms with van der Waals surface area (Å²) < 4.78 is 23.6. The summed E-state index contributed by atoms with van der Waals surface area (Å²) in [5, 5.41) is 0.707. The maximum atomic E-state index is 11.8. The number of halogens is 1. The van der Waals surface area contributed by atoms with Crippen molar-refractivity contribution in [3.63, 3.8) is 0 Å². The van der Waals surface area contributed by atoms with Gasteiger partial charge < -0.3 is 0 Å². The van der Waals surface area contributed by atoms with Crippen LogP contribution in [0.5, 0.6) is 0 Å². The summed E-state index contributed by atoms with van der Waals surface area (Å²) in [6.45, 7) is 1.91. The van der Waals surface area contributed by atoms with E-state index in [1.54, 1.807) is 24.3 Å². The molecule has 0 spiro atoms. The summed E-state index contributed by atoms with van der Waals surface area (Å²) in [5.74, 6) is 0.336. The number of hydrogen-bond donors (Lipinski definition) is 0. The van der Waals surface area contributed by atoms with Gasteiger partial charge >= 0.3 is 0 Å². The first kappa shape index (κ1) is 11.7. The standard InChI is InChI=1S/C10H13BrO2S/c1-9(7-11)8-14(12,13)10-5-3-2-4-6-10/h2-6,9H,7-8H2,1H3. The molecule has 0 saturated heterocycles. The predicted octanol–water partition coefficient (Wildman–Crippen LogP) is 2.49. The molecule has 0 heterocycles. The van der Waals surface area contributed by atoms with Gasteiger partial charge in [0, 0.05) is 5.33 Å². The number of rotatable bonds is 4. The van der Waals surface area contributed by atoms with Crippen LogP contribution in [0.15, 0.2) is 35.2 Å². The van der Waals surface area contributed by atoms with Crippen LogP contribution in [0.1, 0.15) is 6.92 Å². The van der Waals surface area contributed by atoms with Crippen LogP contribution in [0, 0.1) is 5.92 Å². The van der Waals surface area contributed by atoms with Crippen LogP contribution in [-0.2, 0) is 9.84 Å². The van der Waals surface area contributed by atoms with Crippen molar-refractivity contribution in [3.05, 3.63) is 30.3 Å². The molecule has 0 amide bonds. The lowest BCUT2D eigenvalue weighted by Gasteiger charge is -2.08. The molecule has 1 aromatic rings. The predicted molar refractivity (Wildman–Crippen MR) is 61.5 cm³/mol. The second-order valence-electron chi connectivity index (χ2n) is 3.35. The maximum absolute atomic E-state index is 11.8. The van der Waals surface area contributed by atoms with Crippen molar-refractivity contribution in [3.8, 4) is 0 Å². The van der Waals surface area contributed by atoms with Gasteiger partial charge in [-0.25, -0.2) is 8.42 Å². The summed E-state index contributed by atoms with van der Waals surface area (Å²) in [4.78, 5) is 0.410. The highest BCUT2D eigenvalue weighted by Gasteiger charge is 2.16. The van der Waals surface area contributed by atoms with Crippen LogP contribution < -0.4 is 0 Å². The number of sulfone groups is 1. The van der Waals surface area contributed by atoms with Gasteiger partial charge in [0.05, 0.1) is 10.6 Å². The Labute approximate surface area is 93.4 Å². The molecule has 0 bridgehead atoms. The quantitative estimate of drug-likeness (QED) is 0.792. The molecule has 0 radical (unpaired) electrons. The van der Waals surface area contributed by atoms with Crippen molar-refractivity contribution >= 4 is 25.8 Å². The molecular weight excluding hydrogens is 264 g/mol. The molecule has 0 aromatic heterocycles. The molecule has 0 aliphatic carbocycles. The van der Waals surface area contributed by atoms with E-state index in [2.05, 4.69) is 15.9 Å². The van der Waals surface area contributed by atoms with Gasteiger partial charge in [-0.2, -0.15) is 0 Å². The lowest BCUT2D eigenvalue weighted by atomic mass is 10.3. The molecular formula is C10H13BrO2S. The topological polar surface area (TPSA) is 34.1 Å². The second kappa shape index (κ2) is 4.94. The fraction of sp³-hybridized carbons (Fsp3) is 0.400. The molecule has 4 heteroatoms. The average Bonchev–Trinajstić information content (AvgIpc) is 2.18. The van der Waals surface area contributed by atoms with E-state index >= 15 is 0 Å². The van der Waals surface area contributed by atoms with Crippen LogP contribution in [0.25, 0.3) is 0 Å². The molecule has 78 valence electrons. The Kier molecular flexibility index (Phi) is 4.13. The van der Waals surface area contributed by atoms with Crippen LogP contribution >= 0.6 is 15.9 Å². The lowest BCUT2D eigenvalue weighted by Crippen LogP contribution is -2.14. The highest BCUT2D eigenvalue weighted by molar-refractivity contribution is 9.09. The first-order valence-electron chi connectivity index (χ1n) is 4.40. The van der Waals surface area contributed by atoms with Gasteiger partial charge in [0.1, 0.15) is 0 Å². The zero-order valence-corrected chi connectivity index (χ0v) is 10.4. The smallest absolute Gasteiger partial charge is 0.178 e. The van der Waals surface area contributed by atoms with Crippen molar-refractivity contribution in [2.75, 3.05) is 11.1 Å². The fourth-order valence-electron chi connectivity index (χ4n) is 1.14. The summed E-state index contributed by atoms with van der Waals surface area (Å²) in [6, 6.07) is 8.57. The highest BCUT2D eigenvalue weighted by Crippen LogP contribution is 2.14. The number of hydrogen-bond acceptors (Lipinski definition) is 2. The first-order chi connectivity index (χ1) is 6.56. The van der Waals surface area contributed by atoms with E-state index in [9.17, 15) is 8.42 Å². The van der Waals surface area contributed by atoms with E-state index in [4.69, 9.17) is 0 Å². The van der Waals surface area contributed by atoms with Crippen molar-refractivity contribution < 1.29 is 8.42 Å². The highest BCUT2D eigenvalue weighted by atomic mass is 79.9. The van der Waals surface area contributed by atoms with Crippen molar-refractivity contribution in [2.45, 2.75) is 11.8 Å². The fourth-order valence-corrected chi connectivity index (χ4v) is 3.31. The van der Waals surface area contributed by atoms with Gasteiger partial charge in [-0.3, -0.25) is 0 Å². The summed E-state index contributed by atoms with van der Waals surface area (Å²) in [6.07, 6.45) is 0. The summed E-state index contributed by atoms with van der Waals surface area (Å²) in [7, 11) is -3.10. The third-order valence-corrected chi connectivity index (χ3v) is 4.97. The minimum absolute atomic E-state index is 0.139. The largest absolute Gasteiger partial charge is 0.224 e. The van der Waals surface area contributed by atoms with E-state index in [0.29, 0.717) is 10.2 Å². The van der Waals surface area contributed by atoms with Crippen molar-refractivity contribution in [2.24, 2.45) is 5.92 Å². The average molecular weight is 277 g/mol. The van der Waals surface area contributed by atoms with E-state index in [0.717, 1.165) is 0 Å². The third kappa shape index (κ3) is 3.10.